The van der Waals surface area contributed by atoms with Gasteiger partial charge in [-0.3, -0.25) is 0 Å². The van der Waals surface area contributed by atoms with Crippen LogP contribution >= 0.6 is 11.8 Å². The first-order valence-electron chi connectivity index (χ1n) is 5.73. The van der Waals surface area contributed by atoms with Crippen molar-refractivity contribution in [2.24, 2.45) is 34.2 Å². The summed E-state index contributed by atoms with van der Waals surface area (Å²) in [6.45, 7) is 0. The monoisotopic (exact) mass is 289 g/mol. The van der Waals surface area contributed by atoms with Gasteiger partial charge in [0.2, 0.25) is 5.96 Å². The summed E-state index contributed by atoms with van der Waals surface area (Å²) in [7, 11) is 1.95. The predicted octanol–water partition coefficient (Wildman–Crippen LogP) is 0.791. The van der Waals surface area contributed by atoms with Gasteiger partial charge in [-0.2, -0.15) is 4.99 Å². The molecule has 0 atom stereocenters. The molecule has 20 heavy (non-hydrogen) atoms. The lowest BCUT2D eigenvalue weighted by Gasteiger charge is -2.02. The van der Waals surface area contributed by atoms with Crippen molar-refractivity contribution in [2.45, 2.75) is 10.1 Å². The summed E-state index contributed by atoms with van der Waals surface area (Å²) in [4.78, 5) is 13.0. The number of rotatable bonds is 3. The fraction of sp³-hybridized carbons (Fsp3) is 0.0833. The molecule has 8 heteroatoms. The zero-order chi connectivity index (χ0) is 14.5. The summed E-state index contributed by atoms with van der Waals surface area (Å²) < 4.78 is 1.95. The quantitative estimate of drug-likeness (QED) is 0.570. The highest BCUT2D eigenvalue weighted by molar-refractivity contribution is 7.99. The molecular formula is C12H15N7S. The lowest BCUT2D eigenvalue weighted by atomic mass is 10.3. The second-order valence-electron chi connectivity index (χ2n) is 3.92. The molecule has 7 nitrogen and oxygen atoms in total. The van der Waals surface area contributed by atoms with Crippen LogP contribution in [0.15, 0.2) is 56.7 Å². The van der Waals surface area contributed by atoms with E-state index in [0.29, 0.717) is 5.69 Å². The molecule has 0 aliphatic heterocycles. The van der Waals surface area contributed by atoms with Crippen molar-refractivity contribution in [2.75, 3.05) is 0 Å². The minimum absolute atomic E-state index is 0.0227. The number of hydrogen-bond acceptors (Lipinski definition) is 3. The molecule has 0 spiro atoms. The van der Waals surface area contributed by atoms with Gasteiger partial charge in [0.05, 0.1) is 5.69 Å². The van der Waals surface area contributed by atoms with Gasteiger partial charge in [0.15, 0.2) is 11.1 Å². The van der Waals surface area contributed by atoms with Crippen molar-refractivity contribution < 1.29 is 0 Å². The Labute approximate surface area is 120 Å². The molecule has 1 aromatic heterocycles. The molecule has 104 valence electrons. The van der Waals surface area contributed by atoms with Gasteiger partial charge in [-0.25, -0.2) is 9.98 Å². The zero-order valence-corrected chi connectivity index (χ0v) is 11.7. The Bertz CT molecular complexity index is 638. The number of guanidine groups is 2. The maximum absolute atomic E-state index is 5.56. The molecule has 0 aliphatic carbocycles. The number of aliphatic imine (C=N–C) groups is 2. The molecule has 2 aromatic rings. The molecule has 0 saturated carbocycles. The molecule has 0 unspecified atom stereocenters. The average molecular weight is 289 g/mol. The van der Waals surface area contributed by atoms with Crippen molar-refractivity contribution in [1.82, 2.24) is 9.55 Å². The molecule has 1 aromatic carbocycles. The number of hydrogen-bond donors (Lipinski definition) is 3. The number of imidazole rings is 1. The number of nitrogens with zero attached hydrogens (tertiary/aromatic N) is 4. The highest BCUT2D eigenvalue weighted by Gasteiger charge is 2.02. The van der Waals surface area contributed by atoms with Crippen LogP contribution in [0.1, 0.15) is 0 Å². The summed E-state index contributed by atoms with van der Waals surface area (Å²) in [5, 5.41) is 0.918. The molecule has 1 heterocycles. The fourth-order valence-corrected chi connectivity index (χ4v) is 2.24. The van der Waals surface area contributed by atoms with E-state index < -0.39 is 0 Å². The largest absolute Gasteiger partial charge is 0.370 e. The highest BCUT2D eigenvalue weighted by atomic mass is 32.2. The smallest absolute Gasteiger partial charge is 0.223 e. The first kappa shape index (κ1) is 13.9. The Hall–Kier alpha value is -2.48. The summed E-state index contributed by atoms with van der Waals surface area (Å²) in [6.07, 6.45) is 3.66. The topological polar surface area (TPSA) is 121 Å². The standard InChI is InChI=1S/C12H15N7S/c1-19-7-6-16-12(19)20-9-4-2-8(3-5-9)17-11(15)18-10(13)14/h2-7H,1H3,(H6,13,14,15,17,18). The van der Waals surface area contributed by atoms with E-state index >= 15 is 0 Å². The van der Waals surface area contributed by atoms with Crippen LogP contribution in [-0.4, -0.2) is 21.5 Å². The second kappa shape index (κ2) is 6.11. The Balaban J connectivity index is 2.11. The van der Waals surface area contributed by atoms with E-state index in [9.17, 15) is 0 Å². The van der Waals surface area contributed by atoms with Gasteiger partial charge in [0.1, 0.15) is 0 Å². The van der Waals surface area contributed by atoms with Crippen LogP contribution in [0.5, 0.6) is 0 Å². The molecule has 0 radical (unpaired) electrons. The maximum Gasteiger partial charge on any atom is 0.223 e. The van der Waals surface area contributed by atoms with Gasteiger partial charge in [0.25, 0.3) is 0 Å². The van der Waals surface area contributed by atoms with E-state index in [1.807, 2.05) is 42.1 Å². The molecule has 0 amide bonds. The van der Waals surface area contributed by atoms with Crippen LogP contribution in [0.3, 0.4) is 0 Å². The summed E-state index contributed by atoms with van der Waals surface area (Å²) >= 11 is 1.56. The fourth-order valence-electron chi connectivity index (χ4n) is 1.43. The highest BCUT2D eigenvalue weighted by Crippen LogP contribution is 2.27. The molecular weight excluding hydrogens is 274 g/mol. The van der Waals surface area contributed by atoms with Crippen molar-refractivity contribution >= 4 is 29.4 Å². The average Bonchev–Trinajstić information content (AvgIpc) is 2.76. The molecule has 6 N–H and O–H groups in total. The second-order valence-corrected chi connectivity index (χ2v) is 4.96. The van der Waals surface area contributed by atoms with Gasteiger partial charge in [0, 0.05) is 24.3 Å². The number of nitrogens with two attached hydrogens (primary N) is 3. The van der Waals surface area contributed by atoms with E-state index in [-0.39, 0.29) is 11.9 Å². The van der Waals surface area contributed by atoms with E-state index in [1.54, 1.807) is 18.0 Å². The number of benzene rings is 1. The van der Waals surface area contributed by atoms with E-state index in [1.165, 1.54) is 0 Å². The Morgan fingerprint density at radius 1 is 1.20 bits per heavy atom. The van der Waals surface area contributed by atoms with Crippen LogP contribution in [0.25, 0.3) is 0 Å². The third-order valence-corrected chi connectivity index (χ3v) is 3.39. The third kappa shape index (κ3) is 3.75. The predicted molar refractivity (Wildman–Crippen MR) is 80.9 cm³/mol. The minimum Gasteiger partial charge on any atom is -0.370 e. The Morgan fingerprint density at radius 3 is 2.45 bits per heavy atom. The Kier molecular flexibility index (Phi) is 4.26. The van der Waals surface area contributed by atoms with Crippen LogP contribution in [-0.2, 0) is 7.05 Å². The van der Waals surface area contributed by atoms with Crippen molar-refractivity contribution in [3.05, 3.63) is 36.7 Å². The first-order valence-corrected chi connectivity index (χ1v) is 6.55. The van der Waals surface area contributed by atoms with Crippen LogP contribution in [0.2, 0.25) is 0 Å². The summed E-state index contributed by atoms with van der Waals surface area (Å²) in [5.41, 5.74) is 16.7. The van der Waals surface area contributed by atoms with Gasteiger partial charge in [-0.1, -0.05) is 11.8 Å². The normalized spacial score (nSPS) is 11.3. The zero-order valence-electron chi connectivity index (χ0n) is 10.9. The number of aryl methyl sites for hydroxylation is 1. The van der Waals surface area contributed by atoms with Crippen LogP contribution < -0.4 is 17.2 Å². The van der Waals surface area contributed by atoms with Gasteiger partial charge < -0.3 is 21.8 Å². The summed E-state index contributed by atoms with van der Waals surface area (Å²) in [6, 6.07) is 7.53. The Morgan fingerprint density at radius 2 is 1.90 bits per heavy atom. The third-order valence-electron chi connectivity index (χ3n) is 2.31. The summed E-state index contributed by atoms with van der Waals surface area (Å²) in [5.74, 6) is -0.0947. The first-order chi connectivity index (χ1) is 9.54. The van der Waals surface area contributed by atoms with Gasteiger partial charge in [-0.05, 0) is 24.3 Å². The minimum atomic E-state index is -0.117. The van der Waals surface area contributed by atoms with Crippen molar-refractivity contribution in [1.29, 1.82) is 0 Å². The van der Waals surface area contributed by atoms with Gasteiger partial charge >= 0.3 is 0 Å². The van der Waals surface area contributed by atoms with Crippen molar-refractivity contribution in [3.63, 3.8) is 0 Å². The molecule has 0 bridgehead atoms. The SMILES string of the molecule is Cn1ccnc1Sc1ccc(N=C(N)N=C(N)N)cc1. The van der Waals surface area contributed by atoms with Gasteiger partial charge in [-0.15, -0.1) is 0 Å². The van der Waals surface area contributed by atoms with E-state index in [4.69, 9.17) is 17.2 Å². The van der Waals surface area contributed by atoms with Crippen LogP contribution in [0.4, 0.5) is 5.69 Å². The van der Waals surface area contributed by atoms with Crippen molar-refractivity contribution in [3.8, 4) is 0 Å². The van der Waals surface area contributed by atoms with E-state index in [2.05, 4.69) is 15.0 Å². The molecule has 0 aliphatic rings. The lowest BCUT2D eigenvalue weighted by Crippen LogP contribution is -2.26. The molecule has 0 fully saturated rings. The molecule has 0 saturated heterocycles. The maximum atomic E-state index is 5.56. The van der Waals surface area contributed by atoms with E-state index in [0.717, 1.165) is 10.1 Å². The molecule has 2 rings (SSSR count). The lowest BCUT2D eigenvalue weighted by molar-refractivity contribution is 0.790. The number of aromatic nitrogens is 2. The van der Waals surface area contributed by atoms with Crippen LogP contribution in [0, 0.1) is 0 Å².